The van der Waals surface area contributed by atoms with Crippen molar-refractivity contribution < 1.29 is 14.3 Å². The van der Waals surface area contributed by atoms with Crippen LogP contribution in [0.2, 0.25) is 5.02 Å². The highest BCUT2D eigenvalue weighted by atomic mass is 35.5. The zero-order valence-electron chi connectivity index (χ0n) is 13.3. The molecule has 0 aromatic heterocycles. The third-order valence-electron chi connectivity index (χ3n) is 4.65. The SMILES string of the molecule is COC[C@H](NC(=O)N1CCO[C@H]2CCC[C@H]21)c1ccc(Cl)cc1. The molecule has 1 aromatic carbocycles. The number of urea groups is 1. The van der Waals surface area contributed by atoms with E-state index in [0.717, 1.165) is 24.8 Å². The molecule has 0 radical (unpaired) electrons. The average Bonchev–Trinajstić information content (AvgIpc) is 3.03. The molecular formula is C17H23ClN2O3. The van der Waals surface area contributed by atoms with E-state index in [9.17, 15) is 4.79 Å². The van der Waals surface area contributed by atoms with Gasteiger partial charge in [0.25, 0.3) is 0 Å². The summed E-state index contributed by atoms with van der Waals surface area (Å²) in [6.45, 7) is 1.68. The standard InChI is InChI=1S/C17H23ClN2O3/c1-22-11-14(12-5-7-13(18)8-6-12)19-17(21)20-9-10-23-16-4-2-3-15(16)20/h5-8,14-16H,2-4,9-11H2,1H3,(H,19,21)/t14-,15+,16-/m0/s1. The number of ether oxygens (including phenoxy) is 2. The fraction of sp³-hybridized carbons (Fsp3) is 0.588. The highest BCUT2D eigenvalue weighted by molar-refractivity contribution is 6.30. The van der Waals surface area contributed by atoms with E-state index in [1.54, 1.807) is 7.11 Å². The monoisotopic (exact) mass is 338 g/mol. The molecule has 1 aliphatic heterocycles. The molecule has 0 bridgehead atoms. The minimum atomic E-state index is -0.188. The molecule has 2 fully saturated rings. The number of fused-ring (bicyclic) bond motifs is 1. The Morgan fingerprint density at radius 1 is 1.43 bits per heavy atom. The van der Waals surface area contributed by atoms with E-state index in [1.165, 1.54) is 0 Å². The van der Waals surface area contributed by atoms with E-state index < -0.39 is 0 Å². The Morgan fingerprint density at radius 3 is 2.96 bits per heavy atom. The second-order valence-corrected chi connectivity index (χ2v) is 6.55. The molecule has 3 atom stereocenters. The summed E-state index contributed by atoms with van der Waals surface area (Å²) in [5.41, 5.74) is 0.987. The van der Waals surface area contributed by atoms with Crippen LogP contribution < -0.4 is 5.32 Å². The Hall–Kier alpha value is -1.30. The topological polar surface area (TPSA) is 50.8 Å². The van der Waals surface area contributed by atoms with Crippen molar-refractivity contribution in [2.75, 3.05) is 26.9 Å². The van der Waals surface area contributed by atoms with Crippen molar-refractivity contribution in [3.05, 3.63) is 34.9 Å². The molecule has 0 spiro atoms. The van der Waals surface area contributed by atoms with Crippen molar-refractivity contribution in [2.45, 2.75) is 37.5 Å². The normalized spacial score (nSPS) is 25.0. The molecule has 1 aromatic rings. The summed E-state index contributed by atoms with van der Waals surface area (Å²) in [5, 5.41) is 3.78. The number of hydrogen-bond acceptors (Lipinski definition) is 3. The number of carbonyl (C=O) groups excluding carboxylic acids is 1. The summed E-state index contributed by atoms with van der Waals surface area (Å²) >= 11 is 5.94. The summed E-state index contributed by atoms with van der Waals surface area (Å²) in [4.78, 5) is 14.7. The molecular weight excluding hydrogens is 316 g/mol. The van der Waals surface area contributed by atoms with Gasteiger partial charge in [0.2, 0.25) is 0 Å². The van der Waals surface area contributed by atoms with Crippen molar-refractivity contribution in [1.29, 1.82) is 0 Å². The van der Waals surface area contributed by atoms with Gasteiger partial charge in [0, 0.05) is 18.7 Å². The van der Waals surface area contributed by atoms with Gasteiger partial charge >= 0.3 is 6.03 Å². The van der Waals surface area contributed by atoms with E-state index in [2.05, 4.69) is 5.32 Å². The van der Waals surface area contributed by atoms with Crippen LogP contribution in [-0.2, 0) is 9.47 Å². The van der Waals surface area contributed by atoms with Gasteiger partial charge in [-0.3, -0.25) is 0 Å². The Kier molecular flexibility index (Phi) is 5.41. The average molecular weight is 339 g/mol. The van der Waals surface area contributed by atoms with Crippen molar-refractivity contribution in [2.24, 2.45) is 0 Å². The van der Waals surface area contributed by atoms with Crippen LogP contribution in [0.25, 0.3) is 0 Å². The lowest BCUT2D eigenvalue weighted by molar-refractivity contribution is -0.0389. The number of nitrogens with zero attached hydrogens (tertiary/aromatic N) is 1. The van der Waals surface area contributed by atoms with Crippen molar-refractivity contribution in [1.82, 2.24) is 10.2 Å². The first-order chi connectivity index (χ1) is 11.2. The highest BCUT2D eigenvalue weighted by Crippen LogP contribution is 2.30. The number of benzene rings is 1. The maximum Gasteiger partial charge on any atom is 0.318 e. The van der Waals surface area contributed by atoms with Gasteiger partial charge in [-0.25, -0.2) is 4.79 Å². The number of carbonyl (C=O) groups is 1. The van der Waals surface area contributed by atoms with Gasteiger partial charge in [0.1, 0.15) is 0 Å². The molecule has 23 heavy (non-hydrogen) atoms. The van der Waals surface area contributed by atoms with Gasteiger partial charge in [-0.15, -0.1) is 0 Å². The fourth-order valence-corrected chi connectivity index (χ4v) is 3.62. The van der Waals surface area contributed by atoms with Gasteiger partial charge in [-0.1, -0.05) is 23.7 Å². The van der Waals surface area contributed by atoms with Crippen molar-refractivity contribution in [3.63, 3.8) is 0 Å². The van der Waals surface area contributed by atoms with E-state index in [4.69, 9.17) is 21.1 Å². The molecule has 2 amide bonds. The predicted molar refractivity (Wildman–Crippen MR) is 88.7 cm³/mol. The first-order valence-electron chi connectivity index (χ1n) is 8.12. The first kappa shape index (κ1) is 16.6. The lowest BCUT2D eigenvalue weighted by atomic mass is 10.1. The number of rotatable bonds is 4. The van der Waals surface area contributed by atoms with Crippen LogP contribution in [-0.4, -0.2) is 49.9 Å². The quantitative estimate of drug-likeness (QED) is 0.918. The van der Waals surface area contributed by atoms with Gasteiger partial charge in [-0.2, -0.15) is 0 Å². The van der Waals surface area contributed by atoms with E-state index in [1.807, 2.05) is 29.2 Å². The van der Waals surface area contributed by atoms with E-state index >= 15 is 0 Å². The molecule has 6 heteroatoms. The Bertz CT molecular complexity index is 537. The van der Waals surface area contributed by atoms with Crippen molar-refractivity contribution in [3.8, 4) is 0 Å². The molecule has 1 heterocycles. The zero-order valence-corrected chi connectivity index (χ0v) is 14.1. The van der Waals surface area contributed by atoms with Crippen LogP contribution in [0, 0.1) is 0 Å². The second kappa shape index (κ2) is 7.51. The van der Waals surface area contributed by atoms with Crippen molar-refractivity contribution >= 4 is 17.6 Å². The summed E-state index contributed by atoms with van der Waals surface area (Å²) in [6, 6.07) is 7.47. The summed E-state index contributed by atoms with van der Waals surface area (Å²) in [7, 11) is 1.64. The number of nitrogens with one attached hydrogen (secondary N) is 1. The van der Waals surface area contributed by atoms with Gasteiger partial charge < -0.3 is 19.7 Å². The van der Waals surface area contributed by atoms with Crippen LogP contribution in [0.5, 0.6) is 0 Å². The lowest BCUT2D eigenvalue weighted by Crippen LogP contribution is -2.55. The fourth-order valence-electron chi connectivity index (χ4n) is 3.49. The molecule has 1 saturated carbocycles. The zero-order chi connectivity index (χ0) is 16.2. The van der Waals surface area contributed by atoms with Gasteiger partial charge in [-0.05, 0) is 37.0 Å². The van der Waals surface area contributed by atoms with Crippen LogP contribution >= 0.6 is 11.6 Å². The first-order valence-corrected chi connectivity index (χ1v) is 8.50. The molecule has 5 nitrogen and oxygen atoms in total. The minimum absolute atomic E-state index is 0.0396. The second-order valence-electron chi connectivity index (χ2n) is 6.11. The number of morpholine rings is 1. The van der Waals surface area contributed by atoms with Crippen LogP contribution in [0.15, 0.2) is 24.3 Å². The molecule has 0 unspecified atom stereocenters. The highest BCUT2D eigenvalue weighted by Gasteiger charge is 2.38. The number of methoxy groups -OCH3 is 1. The number of amides is 2. The number of halogens is 1. The predicted octanol–water partition coefficient (Wildman–Crippen LogP) is 2.99. The largest absolute Gasteiger partial charge is 0.382 e. The Morgan fingerprint density at radius 2 is 2.22 bits per heavy atom. The smallest absolute Gasteiger partial charge is 0.318 e. The maximum absolute atomic E-state index is 12.7. The summed E-state index contributed by atoms with van der Waals surface area (Å²) in [6.07, 6.45) is 3.39. The minimum Gasteiger partial charge on any atom is -0.382 e. The molecule has 2 aliphatic rings. The lowest BCUT2D eigenvalue weighted by Gasteiger charge is -2.38. The molecule has 1 aliphatic carbocycles. The summed E-state index contributed by atoms with van der Waals surface area (Å²) < 4.78 is 11.0. The third-order valence-corrected chi connectivity index (χ3v) is 4.90. The van der Waals surface area contributed by atoms with Gasteiger partial charge in [0.05, 0.1) is 31.4 Å². The maximum atomic E-state index is 12.7. The third kappa shape index (κ3) is 3.79. The van der Waals surface area contributed by atoms with Gasteiger partial charge in [0.15, 0.2) is 0 Å². The summed E-state index contributed by atoms with van der Waals surface area (Å²) in [5.74, 6) is 0. The van der Waals surface area contributed by atoms with E-state index in [0.29, 0.717) is 24.8 Å². The Labute approximate surface area is 141 Å². The van der Waals surface area contributed by atoms with Crippen LogP contribution in [0.1, 0.15) is 30.9 Å². The Balaban J connectivity index is 1.69. The molecule has 3 rings (SSSR count). The van der Waals surface area contributed by atoms with Crippen LogP contribution in [0.4, 0.5) is 4.79 Å². The molecule has 1 saturated heterocycles. The number of hydrogen-bond donors (Lipinski definition) is 1. The molecule has 1 N–H and O–H groups in total. The van der Waals surface area contributed by atoms with Crippen LogP contribution in [0.3, 0.4) is 0 Å². The van der Waals surface area contributed by atoms with E-state index in [-0.39, 0.29) is 24.2 Å². The molecule has 126 valence electrons.